The summed E-state index contributed by atoms with van der Waals surface area (Å²) in [7, 11) is 1.56. The summed E-state index contributed by atoms with van der Waals surface area (Å²) in [6.45, 7) is 2.30. The maximum atomic E-state index is 12.4. The highest BCUT2D eigenvalue weighted by Crippen LogP contribution is 2.17. The number of amides is 1. The van der Waals surface area contributed by atoms with Crippen molar-refractivity contribution in [3.63, 3.8) is 0 Å². The van der Waals surface area contributed by atoms with Gasteiger partial charge in [0.2, 0.25) is 0 Å². The fourth-order valence-corrected chi connectivity index (χ4v) is 2.45. The van der Waals surface area contributed by atoms with E-state index >= 15 is 0 Å². The predicted octanol–water partition coefficient (Wildman–Crippen LogP) is 2.86. The number of aromatic nitrogens is 2. The Morgan fingerprint density at radius 1 is 1.12 bits per heavy atom. The second kappa shape index (κ2) is 7.65. The van der Waals surface area contributed by atoms with E-state index in [1.807, 2.05) is 31.2 Å². The summed E-state index contributed by atoms with van der Waals surface area (Å²) >= 11 is 0. The molecular formula is C20H19N3O3. The van der Waals surface area contributed by atoms with E-state index in [0.717, 1.165) is 11.1 Å². The molecule has 6 heteroatoms. The molecule has 1 aromatic heterocycles. The van der Waals surface area contributed by atoms with Gasteiger partial charge < -0.3 is 10.1 Å². The molecule has 0 bridgehead atoms. The summed E-state index contributed by atoms with van der Waals surface area (Å²) in [5.74, 6) is 0.246. The van der Waals surface area contributed by atoms with Crippen LogP contribution in [0.15, 0.2) is 65.5 Å². The smallest absolute Gasteiger partial charge is 0.276 e. The van der Waals surface area contributed by atoms with Gasteiger partial charge in [0.15, 0.2) is 0 Å². The summed E-state index contributed by atoms with van der Waals surface area (Å²) < 4.78 is 6.42. The van der Waals surface area contributed by atoms with Crippen molar-refractivity contribution in [2.45, 2.75) is 13.5 Å². The van der Waals surface area contributed by atoms with Gasteiger partial charge in [0.1, 0.15) is 11.4 Å². The van der Waals surface area contributed by atoms with Gasteiger partial charge in [-0.25, -0.2) is 4.68 Å². The number of anilines is 1. The standard InChI is InChI=1S/C20H19N3O3/c1-14-6-8-15(9-7-14)13-23-19(24)11-10-18(22-23)20(25)21-16-4-3-5-17(12-16)26-2/h3-12H,13H2,1-2H3,(H,21,25). The third-order valence-corrected chi connectivity index (χ3v) is 3.88. The van der Waals surface area contributed by atoms with E-state index in [-0.39, 0.29) is 11.3 Å². The molecule has 2 aromatic carbocycles. The van der Waals surface area contributed by atoms with Crippen molar-refractivity contribution in [1.29, 1.82) is 0 Å². The third kappa shape index (κ3) is 4.16. The molecule has 3 aromatic rings. The van der Waals surface area contributed by atoms with Gasteiger partial charge in [0.05, 0.1) is 13.7 Å². The van der Waals surface area contributed by atoms with Gasteiger partial charge in [-0.3, -0.25) is 9.59 Å². The average molecular weight is 349 g/mol. The lowest BCUT2D eigenvalue weighted by atomic mass is 10.1. The lowest BCUT2D eigenvalue weighted by Crippen LogP contribution is -2.26. The molecule has 0 aliphatic rings. The van der Waals surface area contributed by atoms with E-state index in [2.05, 4.69) is 10.4 Å². The lowest BCUT2D eigenvalue weighted by Gasteiger charge is -2.09. The number of benzene rings is 2. The number of hydrogen-bond donors (Lipinski definition) is 1. The van der Waals surface area contributed by atoms with Crippen LogP contribution in [0.25, 0.3) is 0 Å². The van der Waals surface area contributed by atoms with E-state index in [9.17, 15) is 9.59 Å². The summed E-state index contributed by atoms with van der Waals surface area (Å²) in [6, 6.07) is 17.6. The lowest BCUT2D eigenvalue weighted by molar-refractivity contribution is 0.102. The van der Waals surface area contributed by atoms with E-state index in [1.54, 1.807) is 31.4 Å². The summed E-state index contributed by atoms with van der Waals surface area (Å²) in [5, 5.41) is 6.94. The minimum Gasteiger partial charge on any atom is -0.497 e. The Balaban J connectivity index is 1.80. The average Bonchev–Trinajstić information content (AvgIpc) is 2.65. The number of carbonyl (C=O) groups excluding carboxylic acids is 1. The second-order valence-electron chi connectivity index (χ2n) is 5.89. The third-order valence-electron chi connectivity index (χ3n) is 3.88. The fourth-order valence-electron chi connectivity index (χ4n) is 2.45. The van der Waals surface area contributed by atoms with Crippen LogP contribution in [0.2, 0.25) is 0 Å². The molecule has 0 unspecified atom stereocenters. The Labute approximate surface area is 151 Å². The van der Waals surface area contributed by atoms with Crippen LogP contribution in [-0.2, 0) is 6.54 Å². The Morgan fingerprint density at radius 2 is 1.88 bits per heavy atom. The van der Waals surface area contributed by atoms with Crippen molar-refractivity contribution < 1.29 is 9.53 Å². The van der Waals surface area contributed by atoms with Crippen molar-refractivity contribution in [1.82, 2.24) is 9.78 Å². The van der Waals surface area contributed by atoms with Crippen LogP contribution in [0.1, 0.15) is 21.6 Å². The largest absolute Gasteiger partial charge is 0.497 e. The van der Waals surface area contributed by atoms with Crippen LogP contribution in [0, 0.1) is 6.92 Å². The number of rotatable bonds is 5. The van der Waals surface area contributed by atoms with Crippen LogP contribution in [0.3, 0.4) is 0 Å². The zero-order valence-corrected chi connectivity index (χ0v) is 14.6. The predicted molar refractivity (Wildman–Crippen MR) is 99.7 cm³/mol. The van der Waals surface area contributed by atoms with Gasteiger partial charge in [-0.2, -0.15) is 5.10 Å². The highest BCUT2D eigenvalue weighted by atomic mass is 16.5. The van der Waals surface area contributed by atoms with E-state index in [1.165, 1.54) is 16.8 Å². The van der Waals surface area contributed by atoms with Gasteiger partial charge in [0.25, 0.3) is 11.5 Å². The molecule has 1 heterocycles. The normalized spacial score (nSPS) is 10.4. The van der Waals surface area contributed by atoms with Crippen LogP contribution in [0.5, 0.6) is 5.75 Å². The zero-order valence-electron chi connectivity index (χ0n) is 14.6. The minimum absolute atomic E-state index is 0.166. The van der Waals surface area contributed by atoms with Crippen LogP contribution >= 0.6 is 0 Å². The second-order valence-corrected chi connectivity index (χ2v) is 5.89. The first-order valence-electron chi connectivity index (χ1n) is 8.14. The molecule has 1 amide bonds. The van der Waals surface area contributed by atoms with Crippen LogP contribution in [0.4, 0.5) is 5.69 Å². The molecule has 0 spiro atoms. The van der Waals surface area contributed by atoms with Crippen molar-refractivity contribution >= 4 is 11.6 Å². The number of aryl methyl sites for hydroxylation is 1. The molecule has 0 saturated carbocycles. The first-order valence-corrected chi connectivity index (χ1v) is 8.14. The quantitative estimate of drug-likeness (QED) is 0.769. The topological polar surface area (TPSA) is 73.2 Å². The molecule has 6 nitrogen and oxygen atoms in total. The Kier molecular flexibility index (Phi) is 5.12. The molecule has 0 fully saturated rings. The summed E-state index contributed by atoms with van der Waals surface area (Å²) in [6.07, 6.45) is 0. The van der Waals surface area contributed by atoms with E-state index in [0.29, 0.717) is 18.0 Å². The number of methoxy groups -OCH3 is 1. The van der Waals surface area contributed by atoms with Gasteiger partial charge in [-0.1, -0.05) is 35.9 Å². The number of nitrogens with one attached hydrogen (secondary N) is 1. The number of hydrogen-bond acceptors (Lipinski definition) is 4. The maximum absolute atomic E-state index is 12.4. The summed E-state index contributed by atoms with van der Waals surface area (Å²) in [4.78, 5) is 24.5. The fraction of sp³-hybridized carbons (Fsp3) is 0.150. The molecule has 0 aliphatic heterocycles. The first-order chi connectivity index (χ1) is 12.5. The monoisotopic (exact) mass is 349 g/mol. The SMILES string of the molecule is COc1cccc(NC(=O)c2ccc(=O)n(Cc3ccc(C)cc3)n2)c1. The molecule has 0 saturated heterocycles. The minimum atomic E-state index is -0.393. The molecule has 0 aliphatic carbocycles. The van der Waals surface area contributed by atoms with E-state index < -0.39 is 5.91 Å². The molecule has 132 valence electrons. The molecule has 26 heavy (non-hydrogen) atoms. The van der Waals surface area contributed by atoms with Crippen molar-refractivity contribution in [2.75, 3.05) is 12.4 Å². The molecule has 0 atom stereocenters. The van der Waals surface area contributed by atoms with Gasteiger partial charge >= 0.3 is 0 Å². The number of carbonyl (C=O) groups is 1. The van der Waals surface area contributed by atoms with Crippen LogP contribution in [-0.4, -0.2) is 22.8 Å². The van der Waals surface area contributed by atoms with Crippen LogP contribution < -0.4 is 15.6 Å². The van der Waals surface area contributed by atoms with Crippen molar-refractivity contribution in [3.05, 3.63) is 87.8 Å². The Hall–Kier alpha value is -3.41. The Morgan fingerprint density at radius 3 is 2.62 bits per heavy atom. The van der Waals surface area contributed by atoms with Crippen molar-refractivity contribution in [2.24, 2.45) is 0 Å². The maximum Gasteiger partial charge on any atom is 0.276 e. The molecule has 0 radical (unpaired) electrons. The van der Waals surface area contributed by atoms with Gasteiger partial charge in [0, 0.05) is 17.8 Å². The summed E-state index contributed by atoms with van der Waals surface area (Å²) in [5.41, 5.74) is 2.58. The van der Waals surface area contributed by atoms with Gasteiger partial charge in [-0.05, 0) is 30.7 Å². The van der Waals surface area contributed by atoms with Gasteiger partial charge in [-0.15, -0.1) is 0 Å². The molecule has 3 rings (SSSR count). The highest BCUT2D eigenvalue weighted by Gasteiger charge is 2.11. The first kappa shape index (κ1) is 17.4. The number of nitrogens with zero attached hydrogens (tertiary/aromatic N) is 2. The zero-order chi connectivity index (χ0) is 18.5. The number of ether oxygens (including phenoxy) is 1. The molecular weight excluding hydrogens is 330 g/mol. The highest BCUT2D eigenvalue weighted by molar-refractivity contribution is 6.02. The molecule has 1 N–H and O–H groups in total. The Bertz CT molecular complexity index is 978. The van der Waals surface area contributed by atoms with Crippen molar-refractivity contribution in [3.8, 4) is 5.75 Å². The van der Waals surface area contributed by atoms with E-state index in [4.69, 9.17) is 4.74 Å².